The molecule has 0 bridgehead atoms. The average Bonchev–Trinajstić information content (AvgIpc) is 3.42. The van der Waals surface area contributed by atoms with Gasteiger partial charge in [0, 0.05) is 17.9 Å². The van der Waals surface area contributed by atoms with E-state index in [1.165, 1.54) is 23.9 Å². The second-order valence-corrected chi connectivity index (χ2v) is 11.4. The van der Waals surface area contributed by atoms with Gasteiger partial charge in [0.05, 0.1) is 21.4 Å². The van der Waals surface area contributed by atoms with Gasteiger partial charge in [-0.1, -0.05) is 59.2 Å². The number of nitrogens with one attached hydrogen (secondary N) is 2. The molecule has 1 unspecified atom stereocenters. The van der Waals surface area contributed by atoms with Crippen LogP contribution < -0.4 is 10.6 Å². The van der Waals surface area contributed by atoms with E-state index >= 15 is 0 Å². The molecule has 2 aromatic carbocycles. The highest BCUT2D eigenvalue weighted by Crippen LogP contribution is 2.40. The second-order valence-electron chi connectivity index (χ2n) is 8.52. The predicted molar refractivity (Wildman–Crippen MR) is 149 cm³/mol. The number of nitrogens with zero attached hydrogens (tertiary/aromatic N) is 3. The lowest BCUT2D eigenvalue weighted by atomic mass is 10.0. The van der Waals surface area contributed by atoms with Crippen LogP contribution in [0.25, 0.3) is 11.5 Å². The molecule has 206 valence electrons. The first-order chi connectivity index (χ1) is 19.2. The Morgan fingerprint density at radius 3 is 2.52 bits per heavy atom. The number of amides is 3. The third kappa shape index (κ3) is 5.68. The number of fused-ring (bicyclic) bond motifs is 1. The van der Waals surface area contributed by atoms with Gasteiger partial charge in [0.1, 0.15) is 17.1 Å². The summed E-state index contributed by atoms with van der Waals surface area (Å²) in [6.45, 7) is -0.131. The van der Waals surface area contributed by atoms with E-state index in [4.69, 9.17) is 27.6 Å². The number of hydrogen-bond donors (Lipinski definition) is 3. The zero-order valence-electron chi connectivity index (χ0n) is 20.3. The molecule has 1 fully saturated rings. The lowest BCUT2D eigenvalue weighted by Gasteiger charge is -2.49. The van der Waals surface area contributed by atoms with Gasteiger partial charge in [-0.2, -0.15) is 0 Å². The molecular formula is C25H19Cl2N5O6S2. The molecule has 3 heterocycles. The number of rotatable bonds is 9. The third-order valence-electron chi connectivity index (χ3n) is 5.97. The summed E-state index contributed by atoms with van der Waals surface area (Å²) in [6, 6.07) is 12.9. The van der Waals surface area contributed by atoms with Gasteiger partial charge in [-0.15, -0.1) is 22.0 Å². The van der Waals surface area contributed by atoms with E-state index in [-0.39, 0.29) is 44.6 Å². The molecule has 2 aliphatic rings. The smallest absolute Gasteiger partial charge is 0.352 e. The number of benzene rings is 2. The lowest BCUT2D eigenvalue weighted by molar-refractivity contribution is -0.150. The molecule has 15 heteroatoms. The Morgan fingerprint density at radius 1 is 1.10 bits per heavy atom. The largest absolute Gasteiger partial charge is 0.477 e. The number of hydrogen-bond acceptors (Lipinski definition) is 9. The van der Waals surface area contributed by atoms with E-state index in [0.717, 1.165) is 22.2 Å². The Balaban J connectivity index is 1.19. The van der Waals surface area contributed by atoms with Crippen LogP contribution in [-0.4, -0.2) is 73.4 Å². The zero-order valence-corrected chi connectivity index (χ0v) is 23.4. The summed E-state index contributed by atoms with van der Waals surface area (Å²) in [5.74, 6) is -2.44. The molecule has 3 aromatic rings. The van der Waals surface area contributed by atoms with Gasteiger partial charge < -0.3 is 20.2 Å². The molecule has 0 spiro atoms. The van der Waals surface area contributed by atoms with Gasteiger partial charge in [-0.3, -0.25) is 19.3 Å². The van der Waals surface area contributed by atoms with Crippen LogP contribution >= 0.6 is 46.7 Å². The maximum absolute atomic E-state index is 12.9. The first-order valence-electron chi connectivity index (χ1n) is 11.7. The van der Waals surface area contributed by atoms with E-state index in [9.17, 15) is 24.3 Å². The predicted octanol–water partition coefficient (Wildman–Crippen LogP) is 3.30. The molecule has 2 aliphatic heterocycles. The maximum atomic E-state index is 12.9. The van der Waals surface area contributed by atoms with Gasteiger partial charge in [0.2, 0.25) is 11.8 Å². The summed E-state index contributed by atoms with van der Waals surface area (Å²) in [4.78, 5) is 51.3. The quantitative estimate of drug-likeness (QED) is 0.240. The maximum Gasteiger partial charge on any atom is 0.352 e. The van der Waals surface area contributed by atoms with Gasteiger partial charge in [-0.05, 0) is 29.8 Å². The monoisotopic (exact) mass is 619 g/mol. The SMILES string of the molecule is O=C(CSc1nnc(-c2ccccc2)o1)NC1C(=O)N2C(C(=O)O)=C(CNC(=O)c3c(Cl)cccc3Cl)CS[C@H]12. The number of carboxylic acid groups (broad SMARTS) is 1. The summed E-state index contributed by atoms with van der Waals surface area (Å²) in [7, 11) is 0. The minimum absolute atomic E-state index is 0.0714. The van der Waals surface area contributed by atoms with Crippen molar-refractivity contribution in [2.75, 3.05) is 18.1 Å². The van der Waals surface area contributed by atoms with Crippen molar-refractivity contribution < 1.29 is 28.7 Å². The highest BCUT2D eigenvalue weighted by atomic mass is 35.5. The minimum atomic E-state index is -1.32. The molecule has 5 rings (SSSR count). The Bertz CT molecular complexity index is 1510. The van der Waals surface area contributed by atoms with E-state index in [1.807, 2.05) is 30.3 Å². The number of halogens is 2. The summed E-state index contributed by atoms with van der Waals surface area (Å²) < 4.78 is 5.57. The standard InChI is InChI=1S/C25H19Cl2N5O6S2/c26-14-7-4-8-15(27)17(14)20(34)28-9-13-10-39-23-18(22(35)32(23)19(13)24(36)37)29-16(33)11-40-25-31-30-21(38-25)12-5-2-1-3-6-12/h1-8,18,23H,9-11H2,(H,28,34)(H,29,33)(H,36,37)/t18?,23-/m1/s1. The Morgan fingerprint density at radius 2 is 1.82 bits per heavy atom. The average molecular weight is 620 g/mol. The molecule has 0 aliphatic carbocycles. The van der Waals surface area contributed by atoms with E-state index in [1.54, 1.807) is 6.07 Å². The summed E-state index contributed by atoms with van der Waals surface area (Å²) in [5, 5.41) is 22.9. The molecule has 0 radical (unpaired) electrons. The molecule has 2 atom stereocenters. The normalized spacial score (nSPS) is 18.1. The number of thioether (sulfide) groups is 2. The number of carbonyl (C=O) groups excluding carboxylic acids is 3. The number of β-lactam (4-membered cyclic amide) rings is 1. The number of carboxylic acids is 1. The molecule has 40 heavy (non-hydrogen) atoms. The van der Waals surface area contributed by atoms with Crippen LogP contribution in [0.1, 0.15) is 10.4 Å². The van der Waals surface area contributed by atoms with Crippen molar-refractivity contribution in [2.45, 2.75) is 16.6 Å². The fourth-order valence-corrected chi connectivity index (χ4v) is 6.61. The Labute approximate surface area is 245 Å². The van der Waals surface area contributed by atoms with Crippen LogP contribution in [0, 0.1) is 0 Å². The van der Waals surface area contributed by atoms with E-state index < -0.39 is 35.1 Å². The Hall–Kier alpha value is -3.52. The fraction of sp³-hybridized carbons (Fsp3) is 0.200. The van der Waals surface area contributed by atoms with Crippen molar-refractivity contribution in [3.05, 3.63) is 75.4 Å². The molecule has 0 saturated carbocycles. The van der Waals surface area contributed by atoms with Crippen molar-refractivity contribution in [1.82, 2.24) is 25.7 Å². The molecule has 1 aromatic heterocycles. The minimum Gasteiger partial charge on any atom is -0.477 e. The topological polar surface area (TPSA) is 155 Å². The first-order valence-corrected chi connectivity index (χ1v) is 14.5. The molecule has 1 saturated heterocycles. The van der Waals surface area contributed by atoms with Crippen LogP contribution in [0.4, 0.5) is 0 Å². The number of carbonyl (C=O) groups is 4. The van der Waals surface area contributed by atoms with Crippen molar-refractivity contribution in [2.24, 2.45) is 0 Å². The number of aromatic nitrogens is 2. The van der Waals surface area contributed by atoms with Crippen LogP contribution in [0.5, 0.6) is 0 Å². The highest BCUT2D eigenvalue weighted by molar-refractivity contribution is 8.00. The number of aliphatic carboxylic acids is 1. The van der Waals surface area contributed by atoms with Crippen molar-refractivity contribution in [3.8, 4) is 11.5 Å². The van der Waals surface area contributed by atoms with Gasteiger partial charge in [0.25, 0.3) is 17.0 Å². The fourth-order valence-electron chi connectivity index (χ4n) is 4.12. The van der Waals surface area contributed by atoms with Crippen LogP contribution in [-0.2, 0) is 14.4 Å². The van der Waals surface area contributed by atoms with Gasteiger partial charge >= 0.3 is 5.97 Å². The van der Waals surface area contributed by atoms with Crippen molar-refractivity contribution in [1.29, 1.82) is 0 Å². The second kappa shape index (κ2) is 11.9. The lowest BCUT2D eigenvalue weighted by Crippen LogP contribution is -2.70. The molecule has 3 N–H and O–H groups in total. The van der Waals surface area contributed by atoms with Crippen molar-refractivity contribution >= 4 is 70.4 Å². The van der Waals surface area contributed by atoms with Crippen LogP contribution in [0.3, 0.4) is 0 Å². The summed E-state index contributed by atoms with van der Waals surface area (Å²) >= 11 is 14.5. The van der Waals surface area contributed by atoms with Gasteiger partial charge in [0.15, 0.2) is 0 Å². The highest BCUT2D eigenvalue weighted by Gasteiger charge is 2.54. The molecule has 11 nitrogen and oxygen atoms in total. The zero-order chi connectivity index (χ0) is 28.4. The molecule has 3 amide bonds. The molecular weight excluding hydrogens is 601 g/mol. The van der Waals surface area contributed by atoms with Gasteiger partial charge in [-0.25, -0.2) is 4.79 Å². The Kier molecular flexibility index (Phi) is 8.35. The summed E-state index contributed by atoms with van der Waals surface area (Å²) in [6.07, 6.45) is 0. The van der Waals surface area contributed by atoms with E-state index in [0.29, 0.717) is 11.5 Å². The van der Waals surface area contributed by atoms with Crippen molar-refractivity contribution in [3.63, 3.8) is 0 Å². The third-order valence-corrected chi connectivity index (χ3v) is 8.76. The van der Waals surface area contributed by atoms with E-state index in [2.05, 4.69) is 20.8 Å². The summed E-state index contributed by atoms with van der Waals surface area (Å²) in [5.41, 5.74) is 0.930. The first kappa shape index (κ1) is 28.0. The van der Waals surface area contributed by atoms with Crippen LogP contribution in [0.15, 0.2) is 69.4 Å². The van der Waals surface area contributed by atoms with Crippen LogP contribution in [0.2, 0.25) is 10.0 Å².